The van der Waals surface area contributed by atoms with Gasteiger partial charge in [0, 0.05) is 22.4 Å². The van der Waals surface area contributed by atoms with E-state index in [-0.39, 0.29) is 16.0 Å². The summed E-state index contributed by atoms with van der Waals surface area (Å²) in [6, 6.07) is 3.77. The van der Waals surface area contributed by atoms with Gasteiger partial charge in [0.15, 0.2) is 0 Å². The zero-order chi connectivity index (χ0) is 17.5. The highest BCUT2D eigenvalue weighted by Gasteiger charge is 2.34. The molecule has 1 heterocycles. The molecule has 2 aromatic rings. The van der Waals surface area contributed by atoms with E-state index in [9.17, 15) is 18.0 Å². The molecule has 0 spiro atoms. The van der Waals surface area contributed by atoms with Crippen molar-refractivity contribution in [3.05, 3.63) is 28.4 Å². The molecule has 0 aliphatic heterocycles. The van der Waals surface area contributed by atoms with Gasteiger partial charge in [0.05, 0.1) is 0 Å². The molecule has 2 rings (SSSR count). The van der Waals surface area contributed by atoms with Crippen molar-refractivity contribution in [1.29, 1.82) is 0 Å². The number of carbonyl (C=O) groups excluding carboxylic acids is 2. The number of benzene rings is 1. The number of hydrogen-bond acceptors (Lipinski definition) is 4. The van der Waals surface area contributed by atoms with E-state index in [1.54, 1.807) is 18.2 Å². The summed E-state index contributed by atoms with van der Waals surface area (Å²) in [5.74, 6) is -1.73. The summed E-state index contributed by atoms with van der Waals surface area (Å²) in [5.41, 5.74) is 10.6. The van der Waals surface area contributed by atoms with E-state index in [2.05, 4.69) is 20.9 Å². The lowest BCUT2D eigenvalue weighted by Gasteiger charge is -2.21. The van der Waals surface area contributed by atoms with Crippen LogP contribution in [0.2, 0.25) is 0 Å². The fourth-order valence-electron chi connectivity index (χ4n) is 2.11. The van der Waals surface area contributed by atoms with Crippen LogP contribution >= 0.6 is 15.9 Å². The molecule has 1 atom stereocenters. The molecule has 0 saturated heterocycles. The normalized spacial score (nSPS) is 13.4. The second-order valence-corrected chi connectivity index (χ2v) is 7.83. The molecule has 5 N–H and O–H groups in total. The predicted molar refractivity (Wildman–Crippen MR) is 88.1 cm³/mol. The minimum absolute atomic E-state index is 0.248. The van der Waals surface area contributed by atoms with E-state index >= 15 is 0 Å². The zero-order valence-electron chi connectivity index (χ0n) is 12.3. The number of hydrogen-bond donors (Lipinski definition) is 3. The van der Waals surface area contributed by atoms with Crippen molar-refractivity contribution in [2.24, 2.45) is 11.5 Å². The van der Waals surface area contributed by atoms with Crippen molar-refractivity contribution in [2.75, 3.05) is 7.05 Å². The first-order valence-electron chi connectivity index (χ1n) is 6.45. The number of carbonyl (C=O) groups is 2. The summed E-state index contributed by atoms with van der Waals surface area (Å²) in [5, 5.41) is 0.289. The number of rotatable bonds is 5. The van der Waals surface area contributed by atoms with Crippen LogP contribution in [0.15, 0.2) is 27.6 Å². The van der Waals surface area contributed by atoms with Crippen LogP contribution in [0.4, 0.5) is 0 Å². The highest BCUT2D eigenvalue weighted by Crippen LogP contribution is 2.31. The van der Waals surface area contributed by atoms with Gasteiger partial charge in [-0.1, -0.05) is 15.9 Å². The first-order valence-corrected chi connectivity index (χ1v) is 8.69. The molecule has 0 radical (unpaired) electrons. The highest BCUT2D eigenvalue weighted by molar-refractivity contribution is 9.10. The van der Waals surface area contributed by atoms with E-state index in [0.717, 1.165) is 4.31 Å². The maximum atomic E-state index is 12.9. The van der Waals surface area contributed by atoms with Gasteiger partial charge < -0.3 is 16.5 Å². The largest absolute Gasteiger partial charge is 0.368 e. The third kappa shape index (κ3) is 2.96. The fraction of sp³-hybridized carbons (Fsp3) is 0.231. The van der Waals surface area contributed by atoms with Crippen LogP contribution in [0.25, 0.3) is 10.9 Å². The summed E-state index contributed by atoms with van der Waals surface area (Å²) in [6.07, 6.45) is 0. The van der Waals surface area contributed by atoms with Gasteiger partial charge in [0.25, 0.3) is 5.91 Å². The second-order valence-electron chi connectivity index (χ2n) is 4.98. The number of primary amides is 2. The van der Waals surface area contributed by atoms with Gasteiger partial charge >= 0.3 is 0 Å². The van der Waals surface area contributed by atoms with Crippen molar-refractivity contribution in [3.8, 4) is 0 Å². The number of fused-ring (bicyclic) bond motifs is 1. The Morgan fingerprint density at radius 1 is 1.30 bits per heavy atom. The molecular formula is C13H15BrN4O4S. The number of aromatic nitrogens is 1. The standard InChI is InChI=1S/C13H15BrN4O4S/c1-6(12(15)19)18(2)23(21,22)11-8-5-7(14)3-4-9(8)17-10(11)13(16)20/h3-6,17H,1-2H3,(H2,15,19)(H2,16,20)/t6-/m0/s1. The topological polar surface area (TPSA) is 139 Å². The summed E-state index contributed by atoms with van der Waals surface area (Å²) >= 11 is 3.26. The fourth-order valence-corrected chi connectivity index (χ4v) is 4.14. The van der Waals surface area contributed by atoms with Crippen molar-refractivity contribution in [3.63, 3.8) is 0 Å². The predicted octanol–water partition coefficient (Wildman–Crippen LogP) is 0.524. The first kappa shape index (κ1) is 17.4. The van der Waals surface area contributed by atoms with E-state index in [1.165, 1.54) is 14.0 Å². The van der Waals surface area contributed by atoms with Gasteiger partial charge in [-0.2, -0.15) is 4.31 Å². The van der Waals surface area contributed by atoms with Crippen LogP contribution in [0.1, 0.15) is 17.4 Å². The van der Waals surface area contributed by atoms with Crippen LogP contribution in [-0.2, 0) is 14.8 Å². The van der Waals surface area contributed by atoms with Gasteiger partial charge in [-0.3, -0.25) is 9.59 Å². The monoisotopic (exact) mass is 402 g/mol. The smallest absolute Gasteiger partial charge is 0.266 e. The number of H-pyrrole nitrogens is 1. The molecule has 0 saturated carbocycles. The Balaban J connectivity index is 2.79. The number of amides is 2. The highest BCUT2D eigenvalue weighted by atomic mass is 79.9. The van der Waals surface area contributed by atoms with E-state index < -0.39 is 27.9 Å². The molecule has 0 aliphatic carbocycles. The number of nitrogens with one attached hydrogen (secondary N) is 1. The van der Waals surface area contributed by atoms with Gasteiger partial charge in [-0.05, 0) is 25.1 Å². The molecule has 10 heteroatoms. The van der Waals surface area contributed by atoms with Gasteiger partial charge in [0.1, 0.15) is 16.6 Å². The van der Waals surface area contributed by atoms with Crippen LogP contribution in [0.3, 0.4) is 0 Å². The third-order valence-electron chi connectivity index (χ3n) is 3.55. The Hall–Kier alpha value is -1.91. The Morgan fingerprint density at radius 3 is 2.43 bits per heavy atom. The molecule has 0 aliphatic rings. The van der Waals surface area contributed by atoms with Crippen molar-refractivity contribution in [2.45, 2.75) is 17.9 Å². The number of sulfonamides is 1. The summed E-state index contributed by atoms with van der Waals surface area (Å²) in [4.78, 5) is 25.4. The molecule has 0 unspecified atom stereocenters. The molecular weight excluding hydrogens is 388 g/mol. The lowest BCUT2D eigenvalue weighted by Crippen LogP contribution is -2.43. The quantitative estimate of drug-likeness (QED) is 0.670. The minimum atomic E-state index is -4.18. The lowest BCUT2D eigenvalue weighted by atomic mass is 10.2. The molecule has 1 aromatic heterocycles. The Kier molecular flexibility index (Phi) is 4.51. The van der Waals surface area contributed by atoms with Gasteiger partial charge in [-0.25, -0.2) is 8.42 Å². The van der Waals surface area contributed by atoms with E-state index in [0.29, 0.717) is 9.99 Å². The zero-order valence-corrected chi connectivity index (χ0v) is 14.7. The second kappa shape index (κ2) is 5.95. The molecule has 124 valence electrons. The maximum Gasteiger partial charge on any atom is 0.266 e. The third-order valence-corrected chi connectivity index (χ3v) is 6.06. The average Bonchev–Trinajstić information content (AvgIpc) is 2.84. The first-order chi connectivity index (χ1) is 10.6. The molecule has 2 amide bonds. The van der Waals surface area contributed by atoms with E-state index in [4.69, 9.17) is 11.5 Å². The van der Waals surface area contributed by atoms with Crippen LogP contribution in [-0.4, -0.2) is 42.6 Å². The van der Waals surface area contributed by atoms with Crippen LogP contribution < -0.4 is 11.5 Å². The average molecular weight is 403 g/mol. The van der Waals surface area contributed by atoms with Crippen LogP contribution in [0.5, 0.6) is 0 Å². The SMILES string of the molecule is C[C@@H](C(N)=O)N(C)S(=O)(=O)c1c(C(N)=O)[nH]c2ccc(Br)cc12. The molecule has 1 aromatic carbocycles. The number of nitrogens with zero attached hydrogens (tertiary/aromatic N) is 1. The Morgan fingerprint density at radius 2 is 1.91 bits per heavy atom. The Labute approximate surface area is 141 Å². The lowest BCUT2D eigenvalue weighted by molar-refractivity contribution is -0.120. The summed E-state index contributed by atoms with van der Waals surface area (Å²) in [6.45, 7) is 1.36. The molecule has 23 heavy (non-hydrogen) atoms. The number of aromatic amines is 1. The van der Waals surface area contributed by atoms with Gasteiger partial charge in [-0.15, -0.1) is 0 Å². The molecule has 8 nitrogen and oxygen atoms in total. The number of nitrogens with two attached hydrogens (primary N) is 2. The summed E-state index contributed by atoms with van der Waals surface area (Å²) in [7, 11) is -2.96. The van der Waals surface area contributed by atoms with Crippen molar-refractivity contribution < 1.29 is 18.0 Å². The van der Waals surface area contributed by atoms with E-state index in [1.807, 2.05) is 0 Å². The number of halogens is 1. The number of likely N-dealkylation sites (N-methyl/N-ethyl adjacent to an activating group) is 1. The molecule has 0 bridgehead atoms. The van der Waals surface area contributed by atoms with Crippen LogP contribution in [0, 0.1) is 0 Å². The minimum Gasteiger partial charge on any atom is -0.368 e. The Bertz CT molecular complexity index is 906. The maximum absolute atomic E-state index is 12.9. The van der Waals surface area contributed by atoms with Crippen molar-refractivity contribution in [1.82, 2.24) is 9.29 Å². The van der Waals surface area contributed by atoms with Gasteiger partial charge in [0.2, 0.25) is 15.9 Å². The van der Waals surface area contributed by atoms with Crippen molar-refractivity contribution >= 4 is 48.7 Å². The summed E-state index contributed by atoms with van der Waals surface area (Å²) < 4.78 is 27.2. The molecule has 0 fully saturated rings.